The monoisotopic (exact) mass is 205 g/mol. The highest BCUT2D eigenvalue weighted by atomic mass is 16.4. The minimum atomic E-state index is -0.882. The molecule has 0 aliphatic heterocycles. The van der Waals surface area contributed by atoms with Crippen molar-refractivity contribution >= 4 is 11.6 Å². The van der Waals surface area contributed by atoms with Gasteiger partial charge in [0.15, 0.2) is 5.65 Å². The van der Waals surface area contributed by atoms with E-state index in [1.807, 2.05) is 13.8 Å². The summed E-state index contributed by atoms with van der Waals surface area (Å²) in [6, 6.07) is 1.69. The lowest BCUT2D eigenvalue weighted by molar-refractivity contribution is -0.136. The quantitative estimate of drug-likeness (QED) is 0.793. The predicted octanol–water partition coefficient (Wildman–Crippen LogP) is 0.973. The fourth-order valence-corrected chi connectivity index (χ4v) is 1.42. The Hall–Kier alpha value is -1.91. The fraction of sp³-hybridized carbons (Fsp3) is 0.300. The van der Waals surface area contributed by atoms with Crippen molar-refractivity contribution in [2.45, 2.75) is 20.3 Å². The van der Waals surface area contributed by atoms with Crippen LogP contribution in [-0.4, -0.2) is 25.7 Å². The number of aryl methyl sites for hydroxylation is 2. The highest BCUT2D eigenvalue weighted by molar-refractivity contribution is 5.70. The van der Waals surface area contributed by atoms with E-state index in [2.05, 4.69) is 10.1 Å². The number of aliphatic carboxylic acids is 1. The van der Waals surface area contributed by atoms with E-state index in [9.17, 15) is 4.79 Å². The summed E-state index contributed by atoms with van der Waals surface area (Å²) in [4.78, 5) is 14.7. The van der Waals surface area contributed by atoms with Gasteiger partial charge in [0, 0.05) is 18.0 Å². The van der Waals surface area contributed by atoms with Crippen molar-refractivity contribution in [1.82, 2.24) is 14.6 Å². The van der Waals surface area contributed by atoms with Gasteiger partial charge in [0.25, 0.3) is 0 Å². The summed E-state index contributed by atoms with van der Waals surface area (Å²) in [7, 11) is 0. The molecule has 0 aliphatic carbocycles. The van der Waals surface area contributed by atoms with E-state index in [0.29, 0.717) is 11.3 Å². The minimum absolute atomic E-state index is 0.0676. The molecular weight excluding hydrogens is 194 g/mol. The molecule has 2 heterocycles. The smallest absolute Gasteiger partial charge is 0.309 e. The van der Waals surface area contributed by atoms with E-state index >= 15 is 0 Å². The Bertz CT molecular complexity index is 531. The van der Waals surface area contributed by atoms with Crippen molar-refractivity contribution in [2.75, 3.05) is 0 Å². The molecule has 2 aromatic heterocycles. The van der Waals surface area contributed by atoms with Crippen molar-refractivity contribution in [2.24, 2.45) is 0 Å². The summed E-state index contributed by atoms with van der Waals surface area (Å²) in [5.41, 5.74) is 3.24. The molecule has 15 heavy (non-hydrogen) atoms. The summed E-state index contributed by atoms with van der Waals surface area (Å²) < 4.78 is 1.67. The lowest BCUT2D eigenvalue weighted by Crippen LogP contribution is -2.02. The fourth-order valence-electron chi connectivity index (χ4n) is 1.42. The molecule has 0 unspecified atom stereocenters. The average molecular weight is 205 g/mol. The summed E-state index contributed by atoms with van der Waals surface area (Å²) in [6.07, 6.45) is 1.69. The molecule has 78 valence electrons. The van der Waals surface area contributed by atoms with Crippen LogP contribution in [0, 0.1) is 13.8 Å². The van der Waals surface area contributed by atoms with Crippen LogP contribution in [-0.2, 0) is 11.2 Å². The average Bonchev–Trinajstić information content (AvgIpc) is 2.54. The number of nitrogens with zero attached hydrogens (tertiary/aromatic N) is 3. The second kappa shape index (κ2) is 3.34. The van der Waals surface area contributed by atoms with Crippen LogP contribution in [0.1, 0.15) is 17.0 Å². The summed E-state index contributed by atoms with van der Waals surface area (Å²) >= 11 is 0. The first-order valence-electron chi connectivity index (χ1n) is 4.60. The van der Waals surface area contributed by atoms with Gasteiger partial charge in [-0.15, -0.1) is 0 Å². The lowest BCUT2D eigenvalue weighted by atomic mass is 10.3. The zero-order valence-electron chi connectivity index (χ0n) is 8.56. The van der Waals surface area contributed by atoms with Gasteiger partial charge in [0.2, 0.25) is 0 Å². The Morgan fingerprint density at radius 3 is 2.93 bits per heavy atom. The zero-order valence-corrected chi connectivity index (χ0v) is 8.56. The van der Waals surface area contributed by atoms with E-state index in [1.165, 1.54) is 0 Å². The molecule has 0 bridgehead atoms. The summed E-state index contributed by atoms with van der Waals surface area (Å²) in [5.74, 6) is -0.882. The number of rotatable bonds is 2. The topological polar surface area (TPSA) is 67.5 Å². The largest absolute Gasteiger partial charge is 0.481 e. The number of fused-ring (bicyclic) bond motifs is 1. The summed E-state index contributed by atoms with van der Waals surface area (Å²) in [6.45, 7) is 3.88. The van der Waals surface area contributed by atoms with Crippen LogP contribution in [0.3, 0.4) is 0 Å². The molecule has 0 saturated carbocycles. The molecule has 0 radical (unpaired) electrons. The molecule has 5 nitrogen and oxygen atoms in total. The molecule has 0 saturated heterocycles. The SMILES string of the molecule is Cc1cnc2cc(CC(=O)O)nn2c1C. The first-order valence-corrected chi connectivity index (χ1v) is 4.60. The molecule has 0 amide bonds. The second-order valence-corrected chi connectivity index (χ2v) is 3.50. The predicted molar refractivity (Wildman–Crippen MR) is 53.8 cm³/mol. The van der Waals surface area contributed by atoms with Crippen LogP contribution in [0.4, 0.5) is 0 Å². The Morgan fingerprint density at radius 2 is 2.27 bits per heavy atom. The van der Waals surface area contributed by atoms with Gasteiger partial charge in [-0.1, -0.05) is 0 Å². The van der Waals surface area contributed by atoms with Crippen LogP contribution < -0.4 is 0 Å². The third kappa shape index (κ3) is 1.68. The molecule has 5 heteroatoms. The van der Waals surface area contributed by atoms with Gasteiger partial charge >= 0.3 is 5.97 Å². The molecular formula is C10H11N3O2. The number of aromatic nitrogens is 3. The maximum atomic E-state index is 10.5. The number of hydrogen-bond donors (Lipinski definition) is 1. The van der Waals surface area contributed by atoms with Gasteiger partial charge in [-0.2, -0.15) is 5.10 Å². The number of carbonyl (C=O) groups is 1. The maximum Gasteiger partial charge on any atom is 0.309 e. The Balaban J connectivity index is 2.56. The van der Waals surface area contributed by atoms with Crippen LogP contribution in [0.15, 0.2) is 12.3 Å². The Morgan fingerprint density at radius 1 is 1.53 bits per heavy atom. The number of carboxylic acid groups (broad SMARTS) is 1. The van der Waals surface area contributed by atoms with E-state index in [-0.39, 0.29) is 6.42 Å². The van der Waals surface area contributed by atoms with Gasteiger partial charge in [-0.25, -0.2) is 9.50 Å². The Labute approximate surface area is 86.4 Å². The van der Waals surface area contributed by atoms with Crippen molar-refractivity contribution < 1.29 is 9.90 Å². The molecule has 2 aromatic rings. The van der Waals surface area contributed by atoms with Crippen LogP contribution in [0.2, 0.25) is 0 Å². The standard InChI is InChI=1S/C10H11N3O2/c1-6-5-11-9-3-8(4-10(14)15)12-13(9)7(6)2/h3,5H,4H2,1-2H3,(H,14,15). The van der Waals surface area contributed by atoms with Crippen molar-refractivity contribution in [3.05, 3.63) is 29.2 Å². The van der Waals surface area contributed by atoms with Crippen molar-refractivity contribution in [1.29, 1.82) is 0 Å². The highest BCUT2D eigenvalue weighted by Crippen LogP contribution is 2.10. The normalized spacial score (nSPS) is 10.8. The molecule has 1 N–H and O–H groups in total. The summed E-state index contributed by atoms with van der Waals surface area (Å²) in [5, 5.41) is 12.8. The van der Waals surface area contributed by atoms with Crippen molar-refractivity contribution in [3.8, 4) is 0 Å². The lowest BCUT2D eigenvalue weighted by Gasteiger charge is -2.00. The van der Waals surface area contributed by atoms with Gasteiger partial charge in [0.1, 0.15) is 0 Å². The van der Waals surface area contributed by atoms with E-state index < -0.39 is 5.97 Å². The second-order valence-electron chi connectivity index (χ2n) is 3.50. The molecule has 0 aliphatic rings. The van der Waals surface area contributed by atoms with E-state index in [0.717, 1.165) is 11.3 Å². The van der Waals surface area contributed by atoms with Crippen LogP contribution >= 0.6 is 0 Å². The van der Waals surface area contributed by atoms with E-state index in [4.69, 9.17) is 5.11 Å². The zero-order chi connectivity index (χ0) is 11.0. The molecule has 2 rings (SSSR count). The molecule has 0 spiro atoms. The Kier molecular flexibility index (Phi) is 2.15. The number of hydrogen-bond acceptors (Lipinski definition) is 3. The first-order chi connectivity index (χ1) is 7.08. The van der Waals surface area contributed by atoms with Crippen molar-refractivity contribution in [3.63, 3.8) is 0 Å². The molecule has 0 atom stereocenters. The number of carboxylic acids is 1. The van der Waals surface area contributed by atoms with Gasteiger partial charge in [-0.3, -0.25) is 4.79 Å². The third-order valence-corrected chi connectivity index (χ3v) is 2.35. The highest BCUT2D eigenvalue weighted by Gasteiger charge is 2.08. The minimum Gasteiger partial charge on any atom is -0.481 e. The maximum absolute atomic E-state index is 10.5. The molecule has 0 aromatic carbocycles. The van der Waals surface area contributed by atoms with Crippen LogP contribution in [0.25, 0.3) is 5.65 Å². The van der Waals surface area contributed by atoms with Gasteiger partial charge in [-0.05, 0) is 19.4 Å². The van der Waals surface area contributed by atoms with Gasteiger partial charge < -0.3 is 5.11 Å². The third-order valence-electron chi connectivity index (χ3n) is 2.35. The molecule has 0 fully saturated rings. The van der Waals surface area contributed by atoms with Crippen LogP contribution in [0.5, 0.6) is 0 Å². The van der Waals surface area contributed by atoms with Gasteiger partial charge in [0.05, 0.1) is 12.1 Å². The first kappa shape index (κ1) is 9.64. The van der Waals surface area contributed by atoms with E-state index in [1.54, 1.807) is 16.8 Å².